The van der Waals surface area contributed by atoms with Gasteiger partial charge in [0.2, 0.25) is 11.8 Å². The van der Waals surface area contributed by atoms with Crippen LogP contribution < -0.4 is 21.1 Å². The number of benzene rings is 2. The van der Waals surface area contributed by atoms with Crippen LogP contribution in [0.4, 0.5) is 11.4 Å². The minimum absolute atomic E-state index is 0.0336. The molecule has 2 aromatic carbocycles. The van der Waals surface area contributed by atoms with Crippen LogP contribution in [0.2, 0.25) is 5.02 Å². The molecule has 0 saturated carbocycles. The molecule has 0 fully saturated rings. The molecule has 7 heteroatoms. The van der Waals surface area contributed by atoms with E-state index in [1.807, 2.05) is 0 Å². The molecular weight excluding hydrogens is 318 g/mol. The number of rotatable bonds is 6. The summed E-state index contributed by atoms with van der Waals surface area (Å²) in [4.78, 5) is 23.0. The number of methoxy groups -OCH3 is 1. The number of halogens is 1. The number of hydrogen-bond donors (Lipinski definition) is 3. The molecule has 2 amide bonds. The van der Waals surface area contributed by atoms with E-state index in [-0.39, 0.29) is 12.5 Å². The Bertz CT molecular complexity index is 734. The predicted molar refractivity (Wildman–Crippen MR) is 90.1 cm³/mol. The van der Waals surface area contributed by atoms with E-state index in [9.17, 15) is 9.59 Å². The third-order valence-electron chi connectivity index (χ3n) is 3.04. The van der Waals surface area contributed by atoms with Crippen LogP contribution in [0.15, 0.2) is 42.5 Å². The van der Waals surface area contributed by atoms with Crippen LogP contribution >= 0.6 is 11.6 Å². The van der Waals surface area contributed by atoms with Gasteiger partial charge >= 0.3 is 0 Å². The molecule has 0 saturated heterocycles. The molecule has 0 spiro atoms. The molecule has 0 aliphatic rings. The van der Waals surface area contributed by atoms with Crippen molar-refractivity contribution < 1.29 is 14.3 Å². The number of primary amides is 1. The monoisotopic (exact) mass is 333 g/mol. The summed E-state index contributed by atoms with van der Waals surface area (Å²) in [7, 11) is 1.52. The van der Waals surface area contributed by atoms with Crippen molar-refractivity contribution in [2.24, 2.45) is 5.73 Å². The van der Waals surface area contributed by atoms with E-state index in [1.165, 1.54) is 7.11 Å². The Morgan fingerprint density at radius 2 is 1.96 bits per heavy atom. The quantitative estimate of drug-likeness (QED) is 0.757. The zero-order valence-electron chi connectivity index (χ0n) is 12.4. The molecule has 0 aromatic heterocycles. The van der Waals surface area contributed by atoms with Crippen LogP contribution in [-0.2, 0) is 4.79 Å². The molecule has 0 heterocycles. The average Bonchev–Trinajstić information content (AvgIpc) is 2.53. The second kappa shape index (κ2) is 7.51. The van der Waals surface area contributed by atoms with E-state index in [2.05, 4.69) is 10.6 Å². The van der Waals surface area contributed by atoms with Crippen LogP contribution in [0.5, 0.6) is 5.75 Å². The number of carbonyl (C=O) groups excluding carboxylic acids is 2. The third kappa shape index (κ3) is 4.62. The number of hydrogen-bond acceptors (Lipinski definition) is 4. The van der Waals surface area contributed by atoms with Gasteiger partial charge in [0.25, 0.3) is 0 Å². The van der Waals surface area contributed by atoms with Crippen molar-refractivity contribution in [1.29, 1.82) is 0 Å². The molecule has 0 aliphatic heterocycles. The van der Waals surface area contributed by atoms with E-state index >= 15 is 0 Å². The highest BCUT2D eigenvalue weighted by molar-refractivity contribution is 6.32. The molecule has 120 valence electrons. The maximum atomic E-state index is 11.9. The summed E-state index contributed by atoms with van der Waals surface area (Å²) in [6, 6.07) is 11.6. The highest BCUT2D eigenvalue weighted by Gasteiger charge is 2.06. The molecule has 0 bridgehead atoms. The van der Waals surface area contributed by atoms with Gasteiger partial charge in [0.05, 0.1) is 18.7 Å². The second-order valence-corrected chi connectivity index (χ2v) is 5.10. The Morgan fingerprint density at radius 3 is 2.61 bits per heavy atom. The second-order valence-electron chi connectivity index (χ2n) is 4.70. The van der Waals surface area contributed by atoms with Gasteiger partial charge in [-0.25, -0.2) is 0 Å². The van der Waals surface area contributed by atoms with E-state index in [4.69, 9.17) is 22.1 Å². The molecule has 0 radical (unpaired) electrons. The topological polar surface area (TPSA) is 93.4 Å². The van der Waals surface area contributed by atoms with Crippen molar-refractivity contribution in [1.82, 2.24) is 0 Å². The van der Waals surface area contributed by atoms with Crippen molar-refractivity contribution in [3.05, 3.63) is 53.1 Å². The Morgan fingerprint density at radius 1 is 1.17 bits per heavy atom. The molecule has 6 nitrogen and oxygen atoms in total. The lowest BCUT2D eigenvalue weighted by Gasteiger charge is -2.10. The number of nitrogens with two attached hydrogens (primary N) is 1. The van der Waals surface area contributed by atoms with Gasteiger partial charge in [-0.2, -0.15) is 0 Å². The highest BCUT2D eigenvalue weighted by atomic mass is 35.5. The predicted octanol–water partition coefficient (Wildman–Crippen LogP) is 2.50. The van der Waals surface area contributed by atoms with Crippen LogP contribution in [0.3, 0.4) is 0 Å². The molecule has 0 atom stereocenters. The molecular formula is C16H16ClN3O3. The van der Waals surface area contributed by atoms with Gasteiger partial charge in [-0.1, -0.05) is 17.7 Å². The summed E-state index contributed by atoms with van der Waals surface area (Å²) in [5.74, 6) is -0.243. The van der Waals surface area contributed by atoms with Gasteiger partial charge in [0, 0.05) is 16.9 Å². The maximum Gasteiger partial charge on any atom is 0.248 e. The Balaban J connectivity index is 1.94. The van der Waals surface area contributed by atoms with Crippen molar-refractivity contribution in [3.8, 4) is 5.75 Å². The summed E-state index contributed by atoms with van der Waals surface area (Å²) < 4.78 is 5.05. The minimum atomic E-state index is -0.522. The van der Waals surface area contributed by atoms with Crippen LogP contribution in [0.1, 0.15) is 10.4 Å². The molecule has 4 N–H and O–H groups in total. The number of carbonyl (C=O) groups is 2. The van der Waals surface area contributed by atoms with Gasteiger partial charge in [0.15, 0.2) is 0 Å². The maximum absolute atomic E-state index is 11.9. The average molecular weight is 334 g/mol. The SMILES string of the molecule is COc1ccc(NC(=O)CNc2cccc(C(N)=O)c2)cc1Cl. The van der Waals surface area contributed by atoms with E-state index in [1.54, 1.807) is 42.5 Å². The molecule has 0 unspecified atom stereocenters. The lowest BCUT2D eigenvalue weighted by molar-refractivity contribution is -0.114. The Kier molecular flexibility index (Phi) is 5.43. The summed E-state index contributed by atoms with van der Waals surface area (Å²) >= 11 is 6.00. The highest BCUT2D eigenvalue weighted by Crippen LogP contribution is 2.27. The minimum Gasteiger partial charge on any atom is -0.495 e. The zero-order chi connectivity index (χ0) is 16.8. The number of ether oxygens (including phenoxy) is 1. The normalized spacial score (nSPS) is 10.0. The van der Waals surface area contributed by atoms with Crippen LogP contribution in [0, 0.1) is 0 Å². The molecule has 23 heavy (non-hydrogen) atoms. The molecule has 0 aliphatic carbocycles. The van der Waals surface area contributed by atoms with E-state index in [0.29, 0.717) is 27.7 Å². The van der Waals surface area contributed by atoms with Gasteiger partial charge in [-0.05, 0) is 36.4 Å². The fourth-order valence-electron chi connectivity index (χ4n) is 1.91. The van der Waals surface area contributed by atoms with Crippen LogP contribution in [0.25, 0.3) is 0 Å². The van der Waals surface area contributed by atoms with Gasteiger partial charge in [-0.15, -0.1) is 0 Å². The van der Waals surface area contributed by atoms with Gasteiger partial charge < -0.3 is 21.1 Å². The van der Waals surface area contributed by atoms with Crippen molar-refractivity contribution in [3.63, 3.8) is 0 Å². The first kappa shape index (κ1) is 16.6. The van der Waals surface area contributed by atoms with Crippen LogP contribution in [-0.4, -0.2) is 25.5 Å². The number of anilines is 2. The third-order valence-corrected chi connectivity index (χ3v) is 3.33. The van der Waals surface area contributed by atoms with Crippen molar-refractivity contribution >= 4 is 34.8 Å². The fraction of sp³-hybridized carbons (Fsp3) is 0.125. The van der Waals surface area contributed by atoms with Crippen molar-refractivity contribution in [2.75, 3.05) is 24.3 Å². The summed E-state index contributed by atoms with van der Waals surface area (Å²) in [6.07, 6.45) is 0. The van der Waals surface area contributed by atoms with E-state index < -0.39 is 5.91 Å². The zero-order valence-corrected chi connectivity index (χ0v) is 13.2. The smallest absolute Gasteiger partial charge is 0.248 e. The Hall–Kier alpha value is -2.73. The van der Waals surface area contributed by atoms with Crippen molar-refractivity contribution in [2.45, 2.75) is 0 Å². The number of nitrogens with one attached hydrogen (secondary N) is 2. The first-order valence-corrected chi connectivity index (χ1v) is 7.14. The summed E-state index contributed by atoms with van der Waals surface area (Å²) in [5, 5.41) is 6.04. The van der Waals surface area contributed by atoms with Gasteiger partial charge in [-0.3, -0.25) is 9.59 Å². The lowest BCUT2D eigenvalue weighted by Crippen LogP contribution is -2.22. The Labute approximate surface area is 138 Å². The first-order valence-electron chi connectivity index (χ1n) is 6.76. The number of amides is 2. The summed E-state index contributed by atoms with van der Waals surface area (Å²) in [5.41, 5.74) is 6.77. The lowest BCUT2D eigenvalue weighted by atomic mass is 10.2. The largest absolute Gasteiger partial charge is 0.495 e. The van der Waals surface area contributed by atoms with Gasteiger partial charge in [0.1, 0.15) is 5.75 Å². The standard InChI is InChI=1S/C16H16ClN3O3/c1-23-14-6-5-12(8-13(14)17)20-15(21)9-19-11-4-2-3-10(7-11)16(18)22/h2-8,19H,9H2,1H3,(H2,18,22)(H,20,21). The fourth-order valence-corrected chi connectivity index (χ4v) is 2.17. The molecule has 2 rings (SSSR count). The summed E-state index contributed by atoms with van der Waals surface area (Å²) in [6.45, 7) is 0.0336. The molecule has 2 aromatic rings. The first-order chi connectivity index (χ1) is 11.0. The van der Waals surface area contributed by atoms with E-state index in [0.717, 1.165) is 0 Å².